The maximum absolute atomic E-state index is 12.2. The highest BCUT2D eigenvalue weighted by Crippen LogP contribution is 2.23. The molecule has 2 aromatic rings. The van der Waals surface area contributed by atoms with Crippen LogP contribution in [0.1, 0.15) is 36.2 Å². The third kappa shape index (κ3) is 3.07. The van der Waals surface area contributed by atoms with Crippen molar-refractivity contribution >= 4 is 21.7 Å². The molecule has 2 heterocycles. The van der Waals surface area contributed by atoms with Crippen LogP contribution in [0, 0.1) is 6.92 Å². The first kappa shape index (κ1) is 15.1. The van der Waals surface area contributed by atoms with E-state index in [-0.39, 0.29) is 16.7 Å². The molecule has 2 aromatic heterocycles. The van der Waals surface area contributed by atoms with Crippen LogP contribution in [0.2, 0.25) is 0 Å². The number of carboxylic acids is 1. The molecule has 0 unspecified atom stereocenters. The number of aromatic nitrogens is 2. The lowest BCUT2D eigenvalue weighted by molar-refractivity contribution is 0.0661. The number of carbonyl (C=O) groups is 1. The van der Waals surface area contributed by atoms with Crippen molar-refractivity contribution in [2.24, 2.45) is 0 Å². The molecular weight excluding hydrogens is 298 g/mol. The third-order valence-corrected chi connectivity index (χ3v) is 4.24. The quantitative estimate of drug-likeness (QED) is 0.870. The summed E-state index contributed by atoms with van der Waals surface area (Å²) in [6.45, 7) is 5.20. The maximum atomic E-state index is 12.2. The van der Waals surface area contributed by atoms with E-state index in [1.807, 2.05) is 13.8 Å². The molecule has 0 fully saturated rings. The molecule has 21 heavy (non-hydrogen) atoms. The van der Waals surface area contributed by atoms with Crippen molar-refractivity contribution in [3.05, 3.63) is 30.0 Å². The SMILES string of the molecule is Cc1oc(C(=O)O)cc1S(=O)(=O)Nc1cnn(C(C)C)c1. The predicted octanol–water partition coefficient (Wildman–Crippen LogP) is 1.86. The first-order chi connectivity index (χ1) is 9.70. The molecule has 0 radical (unpaired) electrons. The molecule has 0 spiro atoms. The number of rotatable bonds is 5. The zero-order valence-corrected chi connectivity index (χ0v) is 12.5. The molecule has 0 aliphatic carbocycles. The van der Waals surface area contributed by atoms with Crippen LogP contribution in [-0.4, -0.2) is 29.3 Å². The van der Waals surface area contributed by atoms with Gasteiger partial charge in [0.1, 0.15) is 10.7 Å². The average Bonchev–Trinajstić information content (AvgIpc) is 2.95. The number of sulfonamides is 1. The van der Waals surface area contributed by atoms with Crippen molar-refractivity contribution in [3.8, 4) is 0 Å². The van der Waals surface area contributed by atoms with E-state index in [0.29, 0.717) is 5.69 Å². The summed E-state index contributed by atoms with van der Waals surface area (Å²) in [6.07, 6.45) is 2.93. The number of nitrogens with zero attached hydrogens (tertiary/aromatic N) is 2. The van der Waals surface area contributed by atoms with Crippen molar-refractivity contribution in [1.82, 2.24) is 9.78 Å². The summed E-state index contributed by atoms with van der Waals surface area (Å²) in [4.78, 5) is 10.6. The zero-order chi connectivity index (χ0) is 15.8. The van der Waals surface area contributed by atoms with Crippen LogP contribution in [0.15, 0.2) is 27.8 Å². The van der Waals surface area contributed by atoms with E-state index in [9.17, 15) is 13.2 Å². The van der Waals surface area contributed by atoms with Crippen molar-refractivity contribution in [2.45, 2.75) is 31.7 Å². The van der Waals surface area contributed by atoms with Crippen LogP contribution < -0.4 is 4.72 Å². The Morgan fingerprint density at radius 3 is 2.62 bits per heavy atom. The molecule has 114 valence electrons. The second kappa shape index (κ2) is 5.24. The Morgan fingerprint density at radius 2 is 2.14 bits per heavy atom. The summed E-state index contributed by atoms with van der Waals surface area (Å²) in [7, 11) is -3.93. The van der Waals surface area contributed by atoms with Gasteiger partial charge >= 0.3 is 5.97 Å². The van der Waals surface area contributed by atoms with Gasteiger partial charge in [0.15, 0.2) is 0 Å². The van der Waals surface area contributed by atoms with Gasteiger partial charge in [-0.3, -0.25) is 9.40 Å². The minimum Gasteiger partial charge on any atom is -0.475 e. The molecule has 0 aliphatic rings. The second-order valence-corrected chi connectivity index (χ2v) is 6.40. The van der Waals surface area contributed by atoms with Crippen LogP contribution in [0.5, 0.6) is 0 Å². The van der Waals surface area contributed by atoms with Crippen molar-refractivity contribution in [1.29, 1.82) is 0 Å². The summed E-state index contributed by atoms with van der Waals surface area (Å²) in [5.74, 6) is -1.74. The molecule has 0 amide bonds. The fourth-order valence-electron chi connectivity index (χ4n) is 1.72. The Morgan fingerprint density at radius 1 is 1.48 bits per heavy atom. The standard InChI is InChI=1S/C12H15N3O5S/c1-7(2)15-6-9(5-13-15)14-21(18,19)11-4-10(12(16)17)20-8(11)3/h4-7,14H,1-3H3,(H,16,17). The molecule has 2 rings (SSSR count). The molecule has 0 bridgehead atoms. The van der Waals surface area contributed by atoms with Crippen molar-refractivity contribution in [2.75, 3.05) is 4.72 Å². The second-order valence-electron chi connectivity index (χ2n) is 4.74. The Hall–Kier alpha value is -2.29. The number of aryl methyl sites for hydroxylation is 1. The summed E-state index contributed by atoms with van der Waals surface area (Å²) >= 11 is 0. The molecule has 0 aromatic carbocycles. The first-order valence-corrected chi connectivity index (χ1v) is 7.59. The molecule has 0 aliphatic heterocycles. The highest BCUT2D eigenvalue weighted by Gasteiger charge is 2.24. The Bertz CT molecular complexity index is 773. The number of anilines is 1. The van der Waals surface area contributed by atoms with E-state index < -0.39 is 21.8 Å². The van der Waals surface area contributed by atoms with Gasteiger partial charge in [-0.25, -0.2) is 13.2 Å². The summed E-state index contributed by atoms with van der Waals surface area (Å²) in [6, 6.07) is 1.07. The number of carboxylic acid groups (broad SMARTS) is 1. The zero-order valence-electron chi connectivity index (χ0n) is 11.7. The Balaban J connectivity index is 2.31. The topological polar surface area (TPSA) is 114 Å². The largest absolute Gasteiger partial charge is 0.475 e. The lowest BCUT2D eigenvalue weighted by Gasteiger charge is -2.05. The van der Waals surface area contributed by atoms with E-state index in [2.05, 4.69) is 9.82 Å². The summed E-state index contributed by atoms with van der Waals surface area (Å²) < 4.78 is 33.3. The Kier molecular flexibility index (Phi) is 3.77. The highest BCUT2D eigenvalue weighted by molar-refractivity contribution is 7.92. The summed E-state index contributed by atoms with van der Waals surface area (Å²) in [5.41, 5.74) is 0.293. The lowest BCUT2D eigenvalue weighted by Crippen LogP contribution is -2.13. The van der Waals surface area contributed by atoms with Crippen LogP contribution in [0.25, 0.3) is 0 Å². The number of hydrogen-bond donors (Lipinski definition) is 2. The molecular formula is C12H15N3O5S. The van der Waals surface area contributed by atoms with Gasteiger partial charge in [0.05, 0.1) is 11.9 Å². The number of aromatic carboxylic acids is 1. The van der Waals surface area contributed by atoms with Crippen LogP contribution >= 0.6 is 0 Å². The van der Waals surface area contributed by atoms with Crippen LogP contribution in [0.3, 0.4) is 0 Å². The molecule has 8 nitrogen and oxygen atoms in total. The molecule has 0 saturated carbocycles. The van der Waals surface area contributed by atoms with Gasteiger partial charge in [0, 0.05) is 18.3 Å². The van der Waals surface area contributed by atoms with Gasteiger partial charge < -0.3 is 9.52 Å². The maximum Gasteiger partial charge on any atom is 0.371 e. The van der Waals surface area contributed by atoms with Gasteiger partial charge in [0.2, 0.25) is 5.76 Å². The molecule has 9 heteroatoms. The van der Waals surface area contributed by atoms with Crippen LogP contribution in [-0.2, 0) is 10.0 Å². The van der Waals surface area contributed by atoms with Gasteiger partial charge in [-0.15, -0.1) is 0 Å². The normalized spacial score (nSPS) is 11.8. The van der Waals surface area contributed by atoms with Gasteiger partial charge in [-0.05, 0) is 20.8 Å². The van der Waals surface area contributed by atoms with E-state index in [1.54, 1.807) is 10.9 Å². The summed E-state index contributed by atoms with van der Waals surface area (Å²) in [5, 5.41) is 12.8. The monoisotopic (exact) mass is 313 g/mol. The van der Waals surface area contributed by atoms with Gasteiger partial charge in [-0.1, -0.05) is 0 Å². The van der Waals surface area contributed by atoms with E-state index >= 15 is 0 Å². The fourth-order valence-corrected chi connectivity index (χ4v) is 2.93. The lowest BCUT2D eigenvalue weighted by atomic mass is 10.4. The third-order valence-electron chi connectivity index (χ3n) is 2.76. The number of furan rings is 1. The van der Waals surface area contributed by atoms with E-state index in [1.165, 1.54) is 13.1 Å². The minimum absolute atomic E-state index is 0.0103. The number of hydrogen-bond acceptors (Lipinski definition) is 5. The van der Waals surface area contributed by atoms with E-state index in [4.69, 9.17) is 9.52 Å². The average molecular weight is 313 g/mol. The van der Waals surface area contributed by atoms with Gasteiger partial charge in [0.25, 0.3) is 10.0 Å². The smallest absolute Gasteiger partial charge is 0.371 e. The van der Waals surface area contributed by atoms with Crippen LogP contribution in [0.4, 0.5) is 5.69 Å². The fraction of sp³-hybridized carbons (Fsp3) is 0.333. The predicted molar refractivity (Wildman–Crippen MR) is 73.8 cm³/mol. The van der Waals surface area contributed by atoms with Crippen molar-refractivity contribution in [3.63, 3.8) is 0 Å². The van der Waals surface area contributed by atoms with Gasteiger partial charge in [-0.2, -0.15) is 5.10 Å². The molecule has 0 saturated heterocycles. The highest BCUT2D eigenvalue weighted by atomic mass is 32.2. The minimum atomic E-state index is -3.93. The first-order valence-electron chi connectivity index (χ1n) is 6.11. The molecule has 0 atom stereocenters. The van der Waals surface area contributed by atoms with E-state index in [0.717, 1.165) is 6.07 Å². The Labute approximate surface area is 121 Å². The molecule has 2 N–H and O–H groups in total. The number of nitrogens with one attached hydrogen (secondary N) is 1. The van der Waals surface area contributed by atoms with Crippen molar-refractivity contribution < 1.29 is 22.7 Å².